The maximum atomic E-state index is 12.0. The Kier molecular flexibility index (Phi) is 5.74. The third kappa shape index (κ3) is 3.91. The van der Waals surface area contributed by atoms with E-state index in [1.165, 1.54) is 0 Å². The second-order valence-electron chi connectivity index (χ2n) is 7.16. The molecule has 4 nitrogen and oxygen atoms in total. The molecule has 3 aromatic carbocycles. The van der Waals surface area contributed by atoms with Crippen LogP contribution in [0, 0.1) is 5.92 Å². The van der Waals surface area contributed by atoms with Gasteiger partial charge in [0, 0.05) is 16.0 Å². The SMILES string of the molecule is CC1C(C(N)=O)=NN(c2ccc(Cl)cc2Cl)C1c1ccc(-c2cccc(Cl)c2)cc1. The number of nitrogens with zero attached hydrogens (tertiary/aromatic N) is 2. The highest BCUT2D eigenvalue weighted by Crippen LogP contribution is 2.42. The molecule has 0 bridgehead atoms. The minimum atomic E-state index is -0.546. The van der Waals surface area contributed by atoms with E-state index in [0.29, 0.717) is 26.5 Å². The van der Waals surface area contributed by atoms with Gasteiger partial charge in [-0.3, -0.25) is 9.80 Å². The van der Waals surface area contributed by atoms with Gasteiger partial charge in [-0.25, -0.2) is 0 Å². The number of halogens is 3. The van der Waals surface area contributed by atoms with E-state index in [0.717, 1.165) is 16.7 Å². The largest absolute Gasteiger partial charge is 0.364 e. The van der Waals surface area contributed by atoms with Gasteiger partial charge in [0.05, 0.1) is 16.8 Å². The number of amides is 1. The normalized spacial score (nSPS) is 18.4. The van der Waals surface area contributed by atoms with E-state index in [1.54, 1.807) is 23.2 Å². The Morgan fingerprint density at radius 1 is 0.933 bits per heavy atom. The molecule has 7 heteroatoms. The second kappa shape index (κ2) is 8.31. The van der Waals surface area contributed by atoms with Crippen LogP contribution in [-0.4, -0.2) is 11.6 Å². The average Bonchev–Trinajstić information content (AvgIpc) is 3.05. The molecule has 1 aliphatic rings. The molecule has 4 rings (SSSR count). The zero-order chi connectivity index (χ0) is 21.4. The van der Waals surface area contributed by atoms with Crippen molar-refractivity contribution in [3.8, 4) is 11.1 Å². The highest BCUT2D eigenvalue weighted by molar-refractivity contribution is 6.40. The third-order valence-corrected chi connectivity index (χ3v) is 5.98. The van der Waals surface area contributed by atoms with Gasteiger partial charge in [0.25, 0.3) is 5.91 Å². The van der Waals surface area contributed by atoms with Crippen molar-refractivity contribution in [1.82, 2.24) is 0 Å². The van der Waals surface area contributed by atoms with Gasteiger partial charge >= 0.3 is 0 Å². The summed E-state index contributed by atoms with van der Waals surface area (Å²) in [6.45, 7) is 1.93. The van der Waals surface area contributed by atoms with Crippen molar-refractivity contribution in [3.63, 3.8) is 0 Å². The molecule has 1 heterocycles. The van der Waals surface area contributed by atoms with Crippen molar-refractivity contribution in [2.45, 2.75) is 13.0 Å². The fourth-order valence-electron chi connectivity index (χ4n) is 3.75. The number of nitrogens with two attached hydrogens (primary N) is 1. The lowest BCUT2D eigenvalue weighted by Gasteiger charge is -2.27. The molecule has 0 fully saturated rings. The predicted molar refractivity (Wildman–Crippen MR) is 124 cm³/mol. The van der Waals surface area contributed by atoms with Gasteiger partial charge in [0.15, 0.2) is 0 Å². The summed E-state index contributed by atoms with van der Waals surface area (Å²) >= 11 is 18.6. The van der Waals surface area contributed by atoms with Gasteiger partial charge < -0.3 is 5.73 Å². The molecule has 0 aliphatic carbocycles. The quantitative estimate of drug-likeness (QED) is 0.495. The Labute approximate surface area is 189 Å². The number of rotatable bonds is 4. The van der Waals surface area contributed by atoms with Crippen LogP contribution in [0.3, 0.4) is 0 Å². The minimum absolute atomic E-state index is 0.216. The lowest BCUT2D eigenvalue weighted by Crippen LogP contribution is -2.29. The van der Waals surface area contributed by atoms with Crippen LogP contribution in [0.15, 0.2) is 71.8 Å². The van der Waals surface area contributed by atoms with Crippen LogP contribution in [-0.2, 0) is 4.79 Å². The molecule has 0 spiro atoms. The summed E-state index contributed by atoms with van der Waals surface area (Å²) in [5.74, 6) is -0.762. The van der Waals surface area contributed by atoms with Crippen LogP contribution in [0.5, 0.6) is 0 Å². The summed E-state index contributed by atoms with van der Waals surface area (Å²) < 4.78 is 0. The van der Waals surface area contributed by atoms with Crippen LogP contribution in [0.2, 0.25) is 15.1 Å². The van der Waals surface area contributed by atoms with Crippen LogP contribution < -0.4 is 10.7 Å². The lowest BCUT2D eigenvalue weighted by atomic mass is 9.90. The van der Waals surface area contributed by atoms with E-state index < -0.39 is 5.91 Å². The predicted octanol–water partition coefficient (Wildman–Crippen LogP) is 6.35. The Bertz CT molecular complexity index is 1140. The molecule has 2 N–H and O–H groups in total. The van der Waals surface area contributed by atoms with Gasteiger partial charge in [-0.15, -0.1) is 0 Å². The summed E-state index contributed by atoms with van der Waals surface area (Å²) in [7, 11) is 0. The molecule has 0 saturated heterocycles. The highest BCUT2D eigenvalue weighted by atomic mass is 35.5. The van der Waals surface area contributed by atoms with E-state index in [4.69, 9.17) is 40.5 Å². The molecular weight excluding hydrogens is 441 g/mol. The fraction of sp³-hybridized carbons (Fsp3) is 0.130. The topological polar surface area (TPSA) is 58.7 Å². The zero-order valence-electron chi connectivity index (χ0n) is 16.0. The summed E-state index contributed by atoms with van der Waals surface area (Å²) in [4.78, 5) is 12.0. The summed E-state index contributed by atoms with van der Waals surface area (Å²) in [5.41, 5.74) is 9.61. The molecule has 1 aliphatic heterocycles. The van der Waals surface area contributed by atoms with Crippen LogP contribution in [0.25, 0.3) is 11.1 Å². The first-order valence-corrected chi connectivity index (χ1v) is 10.5. The maximum absolute atomic E-state index is 12.0. The van der Waals surface area contributed by atoms with Crippen LogP contribution in [0.4, 0.5) is 5.69 Å². The first-order valence-electron chi connectivity index (χ1n) is 9.33. The molecule has 0 saturated carbocycles. The van der Waals surface area contributed by atoms with E-state index in [2.05, 4.69) is 5.10 Å². The fourth-order valence-corrected chi connectivity index (χ4v) is 4.43. The number of hydrogen-bond donors (Lipinski definition) is 1. The molecule has 152 valence electrons. The monoisotopic (exact) mass is 457 g/mol. The van der Waals surface area contributed by atoms with Crippen molar-refractivity contribution in [3.05, 3.63) is 87.4 Å². The average molecular weight is 459 g/mol. The van der Waals surface area contributed by atoms with Crippen molar-refractivity contribution >= 4 is 52.1 Å². The van der Waals surface area contributed by atoms with Crippen molar-refractivity contribution in [2.75, 3.05) is 5.01 Å². The number of carbonyl (C=O) groups excluding carboxylic acids is 1. The molecule has 1 amide bonds. The molecular formula is C23H18Cl3N3O. The van der Waals surface area contributed by atoms with E-state index in [1.807, 2.05) is 55.5 Å². The number of benzene rings is 3. The summed E-state index contributed by atoms with van der Waals surface area (Å²) in [5, 5.41) is 7.92. The smallest absolute Gasteiger partial charge is 0.265 e. The summed E-state index contributed by atoms with van der Waals surface area (Å²) in [6, 6.07) is 20.7. The second-order valence-corrected chi connectivity index (χ2v) is 8.44. The Balaban J connectivity index is 1.74. The first kappa shape index (κ1) is 20.7. The molecule has 30 heavy (non-hydrogen) atoms. The standard InChI is InChI=1S/C23H18Cl3N3O/c1-13-21(23(27)30)28-29(20-10-9-18(25)12-19(20)26)22(13)15-7-5-14(6-8-15)16-3-2-4-17(24)11-16/h2-13,22H,1H3,(H2,27,30). The summed E-state index contributed by atoms with van der Waals surface area (Å²) in [6.07, 6.45) is 0. The van der Waals surface area contributed by atoms with E-state index >= 15 is 0 Å². The first-order chi connectivity index (χ1) is 14.3. The molecule has 3 aromatic rings. The van der Waals surface area contributed by atoms with Gasteiger partial charge in [0.2, 0.25) is 0 Å². The van der Waals surface area contributed by atoms with Crippen molar-refractivity contribution in [1.29, 1.82) is 0 Å². The van der Waals surface area contributed by atoms with Gasteiger partial charge in [-0.1, -0.05) is 78.1 Å². The number of anilines is 1. The van der Waals surface area contributed by atoms with Crippen molar-refractivity contribution in [2.24, 2.45) is 16.8 Å². The Morgan fingerprint density at radius 3 is 2.27 bits per heavy atom. The number of hydrazone groups is 1. The molecule has 0 radical (unpaired) electrons. The maximum Gasteiger partial charge on any atom is 0.265 e. The molecule has 0 aromatic heterocycles. The molecule has 2 unspecified atom stereocenters. The van der Waals surface area contributed by atoms with E-state index in [9.17, 15) is 4.79 Å². The Hall–Kier alpha value is -2.53. The number of carbonyl (C=O) groups is 1. The van der Waals surface area contributed by atoms with Gasteiger partial charge in [-0.2, -0.15) is 5.10 Å². The Morgan fingerprint density at radius 2 is 1.63 bits per heavy atom. The number of hydrogen-bond acceptors (Lipinski definition) is 3. The van der Waals surface area contributed by atoms with E-state index in [-0.39, 0.29) is 12.0 Å². The molecule has 2 atom stereocenters. The number of primary amides is 1. The lowest BCUT2D eigenvalue weighted by molar-refractivity contribution is -0.112. The minimum Gasteiger partial charge on any atom is -0.364 e. The van der Waals surface area contributed by atoms with Gasteiger partial charge in [-0.05, 0) is 47.0 Å². The van der Waals surface area contributed by atoms with Gasteiger partial charge in [0.1, 0.15) is 5.71 Å². The third-order valence-electron chi connectivity index (χ3n) is 5.20. The van der Waals surface area contributed by atoms with Crippen molar-refractivity contribution < 1.29 is 4.79 Å². The zero-order valence-corrected chi connectivity index (χ0v) is 18.3. The van der Waals surface area contributed by atoms with Crippen LogP contribution >= 0.6 is 34.8 Å². The highest BCUT2D eigenvalue weighted by Gasteiger charge is 2.39. The van der Waals surface area contributed by atoms with Crippen LogP contribution in [0.1, 0.15) is 18.5 Å².